The summed E-state index contributed by atoms with van der Waals surface area (Å²) in [6, 6.07) is 1.76. The molecule has 0 unspecified atom stereocenters. The summed E-state index contributed by atoms with van der Waals surface area (Å²) in [7, 11) is 0. The molecule has 1 aliphatic rings. The van der Waals surface area contributed by atoms with Crippen LogP contribution in [0.4, 0.5) is 11.6 Å². The molecule has 6 nitrogen and oxygen atoms in total. The fourth-order valence-corrected chi connectivity index (χ4v) is 2.21. The van der Waals surface area contributed by atoms with E-state index >= 15 is 0 Å². The summed E-state index contributed by atoms with van der Waals surface area (Å²) in [5.74, 6) is 1.85. The molecule has 0 atom stereocenters. The topological polar surface area (TPSA) is 82.3 Å². The molecule has 6 heteroatoms. The summed E-state index contributed by atoms with van der Waals surface area (Å²) in [5.41, 5.74) is 6.05. The molecule has 1 fully saturated rings. The summed E-state index contributed by atoms with van der Waals surface area (Å²) in [6.07, 6.45) is 2.12. The molecule has 0 aromatic carbocycles. The molecule has 1 aromatic heterocycles. The molecule has 2 rings (SSSR count). The van der Waals surface area contributed by atoms with Crippen LogP contribution in [0.25, 0.3) is 0 Å². The van der Waals surface area contributed by atoms with Crippen LogP contribution < -0.4 is 11.1 Å². The van der Waals surface area contributed by atoms with Gasteiger partial charge in [0.1, 0.15) is 18.2 Å². The molecule has 0 spiro atoms. The Bertz CT molecular complexity index is 433. The first kappa shape index (κ1) is 15.0. The number of nitrogens with two attached hydrogens (primary N) is 1. The second kappa shape index (κ2) is 6.85. The molecule has 0 amide bonds. The van der Waals surface area contributed by atoms with Crippen molar-refractivity contribution in [2.75, 3.05) is 37.4 Å². The molecule has 20 heavy (non-hydrogen) atoms. The third-order valence-electron chi connectivity index (χ3n) is 3.62. The average Bonchev–Trinajstić information content (AvgIpc) is 2.43. The van der Waals surface area contributed by atoms with Crippen LogP contribution in [-0.2, 0) is 16.1 Å². The highest BCUT2D eigenvalue weighted by molar-refractivity contribution is 5.44. The maximum atomic E-state index is 5.81. The lowest BCUT2D eigenvalue weighted by Crippen LogP contribution is -2.33. The van der Waals surface area contributed by atoms with Gasteiger partial charge in [-0.1, -0.05) is 6.92 Å². The first-order valence-electron chi connectivity index (χ1n) is 7.14. The second-order valence-corrected chi connectivity index (χ2v) is 5.51. The van der Waals surface area contributed by atoms with Gasteiger partial charge in [0.05, 0.1) is 0 Å². The van der Waals surface area contributed by atoms with Gasteiger partial charge in [-0.15, -0.1) is 0 Å². The minimum Gasteiger partial charge on any atom is -0.384 e. The highest BCUT2D eigenvalue weighted by Crippen LogP contribution is 2.29. The lowest BCUT2D eigenvalue weighted by Gasteiger charge is -2.33. The fraction of sp³-hybridized carbons (Fsp3) is 0.714. The molecule has 1 saturated heterocycles. The Kier molecular flexibility index (Phi) is 5.14. The van der Waals surface area contributed by atoms with Crippen LogP contribution in [0.3, 0.4) is 0 Å². The molecule has 0 radical (unpaired) electrons. The van der Waals surface area contributed by atoms with Gasteiger partial charge in [0, 0.05) is 32.4 Å². The van der Waals surface area contributed by atoms with Gasteiger partial charge in [-0.05, 0) is 25.2 Å². The predicted molar refractivity (Wildman–Crippen MR) is 78.4 cm³/mol. The van der Waals surface area contributed by atoms with E-state index in [-0.39, 0.29) is 5.41 Å². The first-order chi connectivity index (χ1) is 9.61. The standard InChI is InChI=1S/C14H24N4O2/c1-3-19-9-13-17-11(15)8-12(18-13)16-10-14(2)4-6-20-7-5-14/h8H,3-7,9-10H2,1-2H3,(H3,15,16,17,18). The molecule has 2 heterocycles. The molecular formula is C14H24N4O2. The van der Waals surface area contributed by atoms with Crippen LogP contribution in [0.1, 0.15) is 32.5 Å². The molecule has 1 aliphatic heterocycles. The van der Waals surface area contributed by atoms with E-state index in [0.29, 0.717) is 24.9 Å². The normalized spacial score (nSPS) is 17.9. The quantitative estimate of drug-likeness (QED) is 0.827. The van der Waals surface area contributed by atoms with Crippen molar-refractivity contribution < 1.29 is 9.47 Å². The van der Waals surface area contributed by atoms with E-state index in [0.717, 1.165) is 38.4 Å². The molecule has 0 saturated carbocycles. The maximum absolute atomic E-state index is 5.81. The maximum Gasteiger partial charge on any atom is 0.158 e. The molecule has 112 valence electrons. The summed E-state index contributed by atoms with van der Waals surface area (Å²) in [5, 5.41) is 3.37. The van der Waals surface area contributed by atoms with Gasteiger partial charge in [0.15, 0.2) is 5.82 Å². The third kappa shape index (κ3) is 4.31. The van der Waals surface area contributed by atoms with Gasteiger partial charge in [-0.25, -0.2) is 9.97 Å². The summed E-state index contributed by atoms with van der Waals surface area (Å²) in [4.78, 5) is 8.59. The van der Waals surface area contributed by atoms with Crippen molar-refractivity contribution in [1.29, 1.82) is 0 Å². The number of nitrogens with one attached hydrogen (secondary N) is 1. The number of nitrogens with zero attached hydrogens (tertiary/aromatic N) is 2. The average molecular weight is 280 g/mol. The minimum atomic E-state index is 0.248. The largest absolute Gasteiger partial charge is 0.384 e. The Labute approximate surface area is 120 Å². The second-order valence-electron chi connectivity index (χ2n) is 5.51. The number of ether oxygens (including phenoxy) is 2. The van der Waals surface area contributed by atoms with Crippen molar-refractivity contribution in [1.82, 2.24) is 9.97 Å². The Morgan fingerprint density at radius 3 is 2.85 bits per heavy atom. The first-order valence-corrected chi connectivity index (χ1v) is 7.14. The lowest BCUT2D eigenvalue weighted by atomic mass is 9.82. The van der Waals surface area contributed by atoms with E-state index in [1.807, 2.05) is 6.92 Å². The third-order valence-corrected chi connectivity index (χ3v) is 3.62. The van der Waals surface area contributed by atoms with Gasteiger partial charge in [0.25, 0.3) is 0 Å². The molecule has 3 N–H and O–H groups in total. The van der Waals surface area contributed by atoms with E-state index in [2.05, 4.69) is 22.2 Å². The molecule has 1 aromatic rings. The SMILES string of the molecule is CCOCc1nc(N)cc(NCC2(C)CCOCC2)n1. The number of hydrogen-bond acceptors (Lipinski definition) is 6. The van der Waals surface area contributed by atoms with Crippen molar-refractivity contribution in [2.45, 2.75) is 33.3 Å². The van der Waals surface area contributed by atoms with Crippen LogP contribution in [0.2, 0.25) is 0 Å². The molecule has 0 bridgehead atoms. The van der Waals surface area contributed by atoms with Crippen molar-refractivity contribution in [3.63, 3.8) is 0 Å². The number of nitrogen functional groups attached to an aromatic ring is 1. The van der Waals surface area contributed by atoms with Crippen LogP contribution in [-0.4, -0.2) is 36.3 Å². The van der Waals surface area contributed by atoms with E-state index in [1.54, 1.807) is 6.07 Å². The van der Waals surface area contributed by atoms with Gasteiger partial charge in [-0.3, -0.25) is 0 Å². The van der Waals surface area contributed by atoms with E-state index in [9.17, 15) is 0 Å². The van der Waals surface area contributed by atoms with Crippen LogP contribution in [0, 0.1) is 5.41 Å². The number of hydrogen-bond donors (Lipinski definition) is 2. The molecular weight excluding hydrogens is 256 g/mol. The summed E-state index contributed by atoms with van der Waals surface area (Å²) in [6.45, 7) is 7.77. The fourth-order valence-electron chi connectivity index (χ4n) is 2.21. The van der Waals surface area contributed by atoms with Gasteiger partial charge < -0.3 is 20.5 Å². The zero-order chi connectivity index (χ0) is 14.4. The number of aromatic nitrogens is 2. The summed E-state index contributed by atoms with van der Waals surface area (Å²) < 4.78 is 10.7. The highest BCUT2D eigenvalue weighted by atomic mass is 16.5. The van der Waals surface area contributed by atoms with Crippen LogP contribution >= 0.6 is 0 Å². The van der Waals surface area contributed by atoms with Crippen LogP contribution in [0.15, 0.2) is 6.07 Å². The van der Waals surface area contributed by atoms with Crippen molar-refractivity contribution in [3.05, 3.63) is 11.9 Å². The summed E-state index contributed by atoms with van der Waals surface area (Å²) >= 11 is 0. The lowest BCUT2D eigenvalue weighted by molar-refractivity contribution is 0.0299. The van der Waals surface area contributed by atoms with Gasteiger partial charge in [-0.2, -0.15) is 0 Å². The smallest absolute Gasteiger partial charge is 0.158 e. The number of rotatable bonds is 6. The van der Waals surface area contributed by atoms with Crippen molar-refractivity contribution >= 4 is 11.6 Å². The zero-order valence-corrected chi connectivity index (χ0v) is 12.3. The Hall–Kier alpha value is -1.40. The number of anilines is 2. The Balaban J connectivity index is 1.96. The minimum absolute atomic E-state index is 0.248. The van der Waals surface area contributed by atoms with Gasteiger partial charge in [0.2, 0.25) is 0 Å². The van der Waals surface area contributed by atoms with E-state index < -0.39 is 0 Å². The van der Waals surface area contributed by atoms with Crippen molar-refractivity contribution in [2.24, 2.45) is 5.41 Å². The molecule has 0 aliphatic carbocycles. The zero-order valence-electron chi connectivity index (χ0n) is 12.3. The van der Waals surface area contributed by atoms with Crippen LogP contribution in [0.5, 0.6) is 0 Å². The van der Waals surface area contributed by atoms with Gasteiger partial charge >= 0.3 is 0 Å². The Morgan fingerprint density at radius 2 is 2.15 bits per heavy atom. The van der Waals surface area contributed by atoms with E-state index in [4.69, 9.17) is 15.2 Å². The van der Waals surface area contributed by atoms with E-state index in [1.165, 1.54) is 0 Å². The van der Waals surface area contributed by atoms with Crippen molar-refractivity contribution in [3.8, 4) is 0 Å². The predicted octanol–water partition coefficient (Wildman–Crippen LogP) is 1.82. The monoisotopic (exact) mass is 280 g/mol. The Morgan fingerprint density at radius 1 is 1.40 bits per heavy atom. The highest BCUT2D eigenvalue weighted by Gasteiger charge is 2.27.